The highest BCUT2D eigenvalue weighted by Gasteiger charge is 2.38. The zero-order valence-electron chi connectivity index (χ0n) is 35.0. The first-order chi connectivity index (χ1) is 28.7. The lowest BCUT2D eigenvalue weighted by Gasteiger charge is -2.40. The van der Waals surface area contributed by atoms with E-state index in [2.05, 4.69) is 25.6 Å². The van der Waals surface area contributed by atoms with Crippen LogP contribution in [-0.4, -0.2) is 99.7 Å². The molecule has 2 aromatic carbocycles. The van der Waals surface area contributed by atoms with Gasteiger partial charge in [-0.1, -0.05) is 49.7 Å². The Kier molecular flexibility index (Phi) is 13.2. The molecule has 4 aromatic rings. The van der Waals surface area contributed by atoms with Crippen molar-refractivity contribution in [1.29, 1.82) is 0 Å². The summed E-state index contributed by atoms with van der Waals surface area (Å²) < 4.78 is 54.0. The fourth-order valence-corrected chi connectivity index (χ4v) is 7.70. The quantitative estimate of drug-likeness (QED) is 0.150. The van der Waals surface area contributed by atoms with Gasteiger partial charge in [-0.15, -0.1) is 0 Å². The van der Waals surface area contributed by atoms with E-state index in [0.717, 1.165) is 12.5 Å². The number of carbonyl (C=O) groups is 4. The smallest absolute Gasteiger partial charge is 0.417 e. The summed E-state index contributed by atoms with van der Waals surface area (Å²) in [6.07, 6.45) is -1.56. The van der Waals surface area contributed by atoms with Crippen LogP contribution in [0.2, 0.25) is 5.02 Å². The van der Waals surface area contributed by atoms with Crippen LogP contribution in [0, 0.1) is 5.92 Å². The molecule has 3 N–H and O–H groups in total. The number of ether oxygens (including phenoxy) is 2. The van der Waals surface area contributed by atoms with Gasteiger partial charge in [-0.3, -0.25) is 9.59 Å². The molecule has 2 fully saturated rings. The summed E-state index contributed by atoms with van der Waals surface area (Å²) in [5.41, 5.74) is -0.427. The van der Waals surface area contributed by atoms with Gasteiger partial charge in [0.25, 0.3) is 5.91 Å². The molecule has 326 valence electrons. The zero-order chi connectivity index (χ0) is 44.4. The number of nitrogens with one attached hydrogen (secondary N) is 3. The van der Waals surface area contributed by atoms with Crippen LogP contribution in [-0.2, 0) is 20.4 Å². The number of alkyl halides is 3. The maximum Gasteiger partial charge on any atom is 0.417 e. The van der Waals surface area contributed by atoms with Gasteiger partial charge >= 0.3 is 18.4 Å². The molecule has 0 saturated carbocycles. The van der Waals surface area contributed by atoms with Crippen LogP contribution < -0.4 is 15.5 Å². The van der Waals surface area contributed by atoms with Gasteiger partial charge in [0.2, 0.25) is 5.91 Å². The van der Waals surface area contributed by atoms with Crippen LogP contribution in [0.1, 0.15) is 82.2 Å². The van der Waals surface area contributed by atoms with E-state index in [1.807, 2.05) is 25.7 Å². The Hall–Kier alpha value is -5.84. The van der Waals surface area contributed by atoms with Gasteiger partial charge in [-0.25, -0.2) is 19.6 Å². The number of nitrogens with zero attached hydrogens (tertiary/aromatic N) is 5. The minimum absolute atomic E-state index is 0.0999. The van der Waals surface area contributed by atoms with Gasteiger partial charge in [0, 0.05) is 38.4 Å². The highest BCUT2D eigenvalue weighted by Crippen LogP contribution is 2.42. The Morgan fingerprint density at radius 2 is 1.66 bits per heavy atom. The number of methoxy groups -OCH3 is 1. The number of anilines is 2. The van der Waals surface area contributed by atoms with Crippen molar-refractivity contribution in [3.8, 4) is 22.4 Å². The maximum atomic E-state index is 14.6. The Balaban J connectivity index is 1.14. The van der Waals surface area contributed by atoms with Gasteiger partial charge in [-0.2, -0.15) is 13.2 Å². The minimum atomic E-state index is -4.80. The molecule has 6 rings (SSSR count). The van der Waals surface area contributed by atoms with E-state index in [0.29, 0.717) is 55.5 Å². The topological polar surface area (TPSA) is 162 Å². The number of hydrogen-bond donors (Lipinski definition) is 3. The van der Waals surface area contributed by atoms with Crippen molar-refractivity contribution in [1.82, 2.24) is 30.1 Å². The summed E-state index contributed by atoms with van der Waals surface area (Å²) in [5.74, 6) is -0.0188. The number of likely N-dealkylation sites (tertiary alicyclic amines) is 1. The van der Waals surface area contributed by atoms with Crippen molar-refractivity contribution in [2.75, 3.05) is 43.5 Å². The second kappa shape index (κ2) is 18.0. The number of imidazole rings is 1. The molecule has 4 amide bonds. The molecule has 0 spiro atoms. The second-order valence-electron chi connectivity index (χ2n) is 16.5. The zero-order valence-corrected chi connectivity index (χ0v) is 35.8. The van der Waals surface area contributed by atoms with Crippen molar-refractivity contribution in [3.63, 3.8) is 0 Å². The van der Waals surface area contributed by atoms with Gasteiger partial charge in [0.1, 0.15) is 23.3 Å². The molecule has 14 nitrogen and oxygen atoms in total. The Morgan fingerprint density at radius 1 is 0.951 bits per heavy atom. The average Bonchev–Trinajstić information content (AvgIpc) is 3.90. The first-order valence-corrected chi connectivity index (χ1v) is 20.3. The third-order valence-electron chi connectivity index (χ3n) is 10.6. The monoisotopic (exact) mass is 866 g/mol. The fourth-order valence-electron chi connectivity index (χ4n) is 7.49. The summed E-state index contributed by atoms with van der Waals surface area (Å²) in [7, 11) is 1.23. The predicted molar refractivity (Wildman–Crippen MR) is 224 cm³/mol. The van der Waals surface area contributed by atoms with Gasteiger partial charge in [0.05, 0.1) is 46.9 Å². The van der Waals surface area contributed by atoms with Gasteiger partial charge < -0.3 is 39.8 Å². The van der Waals surface area contributed by atoms with Crippen LogP contribution >= 0.6 is 11.6 Å². The third kappa shape index (κ3) is 10.4. The number of pyridine rings is 1. The van der Waals surface area contributed by atoms with E-state index in [1.54, 1.807) is 55.0 Å². The van der Waals surface area contributed by atoms with Crippen LogP contribution in [0.3, 0.4) is 0 Å². The van der Waals surface area contributed by atoms with Crippen LogP contribution in [0.15, 0.2) is 60.9 Å². The average molecular weight is 867 g/mol. The van der Waals surface area contributed by atoms with Crippen molar-refractivity contribution >= 4 is 47.1 Å². The van der Waals surface area contributed by atoms with E-state index in [9.17, 15) is 32.3 Å². The Morgan fingerprint density at radius 3 is 2.26 bits per heavy atom. The molecule has 0 aliphatic carbocycles. The van der Waals surface area contributed by atoms with Crippen LogP contribution in [0.4, 0.5) is 34.3 Å². The molecule has 18 heteroatoms. The van der Waals surface area contributed by atoms with E-state index >= 15 is 0 Å². The predicted octanol–water partition coefficient (Wildman–Crippen LogP) is 8.55. The van der Waals surface area contributed by atoms with Gasteiger partial charge in [-0.05, 0) is 87.4 Å². The number of H-pyrrole nitrogens is 1. The Bertz CT molecular complexity index is 2240. The highest BCUT2D eigenvalue weighted by molar-refractivity contribution is 6.34. The lowest BCUT2D eigenvalue weighted by Crippen LogP contribution is -2.54. The Labute approximate surface area is 357 Å². The lowest BCUT2D eigenvalue weighted by molar-refractivity contribution is -0.137. The molecular formula is C43H50ClF3N8O6. The molecule has 2 aromatic heterocycles. The van der Waals surface area contributed by atoms with Crippen LogP contribution in [0.25, 0.3) is 22.4 Å². The summed E-state index contributed by atoms with van der Waals surface area (Å²) in [6, 6.07) is 10.3. The van der Waals surface area contributed by atoms with Crippen LogP contribution in [0.5, 0.6) is 0 Å². The van der Waals surface area contributed by atoms with Crippen molar-refractivity contribution in [2.24, 2.45) is 5.92 Å². The molecular weight excluding hydrogens is 817 g/mol. The number of piperazine rings is 1. The molecule has 0 radical (unpaired) electrons. The third-order valence-corrected chi connectivity index (χ3v) is 10.9. The number of rotatable bonds is 9. The second-order valence-corrected chi connectivity index (χ2v) is 16.9. The number of benzene rings is 2. The number of aromatic nitrogens is 3. The molecule has 2 aliphatic rings. The van der Waals surface area contributed by atoms with E-state index in [-0.39, 0.29) is 51.3 Å². The first-order valence-electron chi connectivity index (χ1n) is 20.0. The number of alkyl carbamates (subject to hydrolysis) is 1. The molecule has 61 heavy (non-hydrogen) atoms. The molecule has 3 atom stereocenters. The SMILES string of the molecule is COC(=O)N[C@H](C(=O)N1CCC[C@H]1c1ncc(-c2ccc(-c3cc(Cl)c(NC(=O)c4ccc(N5CCN(C(=O)OC(C)(C)C)C[C@H]5C)nc4)cc3C(F)(F)F)cc2)[nH]1)C(C)C. The highest BCUT2D eigenvalue weighted by atomic mass is 35.5. The molecule has 0 unspecified atom stereocenters. The number of amides is 4. The van der Waals surface area contributed by atoms with E-state index in [1.165, 1.54) is 37.6 Å². The standard InChI is InChI=1S/C43H50ClF3N8O6/c1-24(2)36(52-40(58)60-7)39(57)55-16-8-9-34(55)37-49-22-33(50-37)27-12-10-26(11-13-27)29-19-31(44)32(20-30(29)43(45,46)47)51-38(56)28-14-15-35(48-21-28)54-18-17-53(23-25(54)3)41(59)61-42(4,5)6/h10-15,19-22,24-25,34,36H,8-9,16-18,23H2,1-7H3,(H,49,50)(H,51,56)(H,52,58)/t25-,34+,36+/m1/s1. The molecule has 4 heterocycles. The van der Waals surface area contributed by atoms with Crippen molar-refractivity contribution < 1.29 is 41.8 Å². The number of halogens is 4. The normalized spacial score (nSPS) is 17.6. The maximum absolute atomic E-state index is 14.6. The van der Waals surface area contributed by atoms with Gasteiger partial charge in [0.15, 0.2) is 0 Å². The van der Waals surface area contributed by atoms with Crippen molar-refractivity contribution in [3.05, 3.63) is 82.9 Å². The van der Waals surface area contributed by atoms with E-state index in [4.69, 9.17) is 21.1 Å². The number of hydrogen-bond acceptors (Lipinski definition) is 9. The summed E-state index contributed by atoms with van der Waals surface area (Å²) in [4.78, 5) is 68.9. The minimum Gasteiger partial charge on any atom is -0.453 e. The summed E-state index contributed by atoms with van der Waals surface area (Å²) in [6.45, 7) is 12.8. The molecule has 2 aliphatic heterocycles. The fraction of sp³-hybridized carbons (Fsp3) is 0.442. The molecule has 2 saturated heterocycles. The number of aromatic amines is 1. The van der Waals surface area contributed by atoms with E-state index < -0.39 is 41.5 Å². The largest absolute Gasteiger partial charge is 0.453 e. The summed E-state index contributed by atoms with van der Waals surface area (Å²) in [5, 5.41) is 5.03. The molecule has 0 bridgehead atoms. The summed E-state index contributed by atoms with van der Waals surface area (Å²) >= 11 is 6.53. The first kappa shape index (κ1) is 44.7. The number of carbonyl (C=O) groups excluding carboxylic acids is 4. The van der Waals surface area contributed by atoms with Crippen molar-refractivity contribution in [2.45, 2.75) is 84.3 Å². The lowest BCUT2D eigenvalue weighted by atomic mass is 9.97.